The van der Waals surface area contributed by atoms with Crippen LogP contribution >= 0.6 is 0 Å². The smallest absolute Gasteiger partial charge is 0.122 e. The minimum Gasteiger partial charge on any atom is -0.493 e. The van der Waals surface area contributed by atoms with Crippen molar-refractivity contribution in [1.82, 2.24) is 5.43 Å². The summed E-state index contributed by atoms with van der Waals surface area (Å²) in [5.74, 6) is 7.39. The van der Waals surface area contributed by atoms with Crippen molar-refractivity contribution in [1.29, 1.82) is 0 Å². The molecule has 2 aromatic rings. The lowest BCUT2D eigenvalue weighted by atomic mass is 9.88. The fourth-order valence-electron chi connectivity index (χ4n) is 3.78. The first-order chi connectivity index (χ1) is 10.4. The van der Waals surface area contributed by atoms with Crippen LogP contribution in [0.15, 0.2) is 42.5 Å². The summed E-state index contributed by atoms with van der Waals surface area (Å²) in [6.45, 7) is 0.797. The molecule has 2 aliphatic rings. The molecule has 2 aromatic carbocycles. The van der Waals surface area contributed by atoms with E-state index in [1.165, 1.54) is 22.3 Å². The van der Waals surface area contributed by atoms with Gasteiger partial charge in [-0.3, -0.25) is 11.3 Å². The zero-order chi connectivity index (χ0) is 14.2. The fourth-order valence-corrected chi connectivity index (χ4v) is 3.78. The predicted octanol–water partition coefficient (Wildman–Crippen LogP) is 2.86. The number of rotatable bonds is 3. The van der Waals surface area contributed by atoms with Gasteiger partial charge in [0.15, 0.2) is 0 Å². The van der Waals surface area contributed by atoms with Crippen molar-refractivity contribution >= 4 is 0 Å². The van der Waals surface area contributed by atoms with Gasteiger partial charge >= 0.3 is 0 Å². The molecule has 1 aliphatic heterocycles. The zero-order valence-corrected chi connectivity index (χ0v) is 12.0. The monoisotopic (exact) mass is 280 g/mol. The number of ether oxygens (including phenoxy) is 1. The first-order valence-corrected chi connectivity index (χ1v) is 7.66. The first kappa shape index (κ1) is 12.9. The summed E-state index contributed by atoms with van der Waals surface area (Å²) in [6, 6.07) is 15.4. The van der Waals surface area contributed by atoms with Gasteiger partial charge in [0.1, 0.15) is 5.75 Å². The molecule has 0 saturated heterocycles. The molecule has 0 saturated carbocycles. The molecule has 3 heteroatoms. The van der Waals surface area contributed by atoms with E-state index in [2.05, 4.69) is 47.9 Å². The topological polar surface area (TPSA) is 47.3 Å². The van der Waals surface area contributed by atoms with Crippen LogP contribution in [0.2, 0.25) is 0 Å². The van der Waals surface area contributed by atoms with Crippen LogP contribution in [0.1, 0.15) is 40.6 Å². The summed E-state index contributed by atoms with van der Waals surface area (Å²) in [4.78, 5) is 0. The fraction of sp³-hybridized carbons (Fsp3) is 0.333. The van der Waals surface area contributed by atoms with Gasteiger partial charge in [0.05, 0.1) is 12.6 Å². The second-order valence-corrected chi connectivity index (χ2v) is 5.95. The van der Waals surface area contributed by atoms with Crippen LogP contribution in [-0.4, -0.2) is 6.61 Å². The first-order valence-electron chi connectivity index (χ1n) is 7.66. The van der Waals surface area contributed by atoms with E-state index in [0.717, 1.165) is 31.6 Å². The van der Waals surface area contributed by atoms with Crippen molar-refractivity contribution in [2.45, 2.75) is 31.2 Å². The Morgan fingerprint density at radius 2 is 2.00 bits per heavy atom. The number of hydrazine groups is 1. The van der Waals surface area contributed by atoms with E-state index in [9.17, 15) is 0 Å². The lowest BCUT2D eigenvalue weighted by molar-refractivity contribution is 0.356. The van der Waals surface area contributed by atoms with Crippen LogP contribution in [0.4, 0.5) is 0 Å². The van der Waals surface area contributed by atoms with Crippen LogP contribution in [0.25, 0.3) is 0 Å². The van der Waals surface area contributed by atoms with Crippen molar-refractivity contribution in [2.75, 3.05) is 6.61 Å². The molecule has 0 radical (unpaired) electrons. The van der Waals surface area contributed by atoms with Crippen LogP contribution < -0.4 is 16.0 Å². The molecule has 2 atom stereocenters. The Morgan fingerprint density at radius 3 is 2.90 bits per heavy atom. The van der Waals surface area contributed by atoms with Gasteiger partial charge < -0.3 is 4.74 Å². The normalized spacial score (nSPS) is 20.7. The Balaban J connectivity index is 1.70. The predicted molar refractivity (Wildman–Crippen MR) is 83.2 cm³/mol. The molecular formula is C18H20N2O. The summed E-state index contributed by atoms with van der Waals surface area (Å²) in [6.07, 6.45) is 3.30. The molecule has 1 aliphatic carbocycles. The van der Waals surface area contributed by atoms with Gasteiger partial charge in [0.2, 0.25) is 0 Å². The molecule has 0 bridgehead atoms. The van der Waals surface area contributed by atoms with Crippen molar-refractivity contribution in [2.24, 2.45) is 5.84 Å². The third-order valence-corrected chi connectivity index (χ3v) is 4.83. The van der Waals surface area contributed by atoms with E-state index in [0.29, 0.717) is 5.92 Å². The van der Waals surface area contributed by atoms with Gasteiger partial charge in [-0.2, -0.15) is 0 Å². The van der Waals surface area contributed by atoms with E-state index in [-0.39, 0.29) is 6.04 Å². The number of nitrogens with two attached hydrogens (primary N) is 1. The van der Waals surface area contributed by atoms with Crippen LogP contribution in [0, 0.1) is 0 Å². The van der Waals surface area contributed by atoms with Crippen LogP contribution in [0.3, 0.4) is 0 Å². The van der Waals surface area contributed by atoms with Gasteiger partial charge in [-0.05, 0) is 41.2 Å². The van der Waals surface area contributed by atoms with E-state index < -0.39 is 0 Å². The second kappa shape index (κ2) is 5.17. The molecule has 108 valence electrons. The third kappa shape index (κ3) is 2.13. The molecule has 21 heavy (non-hydrogen) atoms. The molecule has 2 unspecified atom stereocenters. The maximum absolute atomic E-state index is 5.91. The molecule has 3 N–H and O–H groups in total. The number of fused-ring (bicyclic) bond motifs is 2. The SMILES string of the molecule is NNC(c1ccc2c(c1)CCO2)C1CCc2ccccc21. The van der Waals surface area contributed by atoms with Gasteiger partial charge in [0, 0.05) is 12.3 Å². The van der Waals surface area contributed by atoms with E-state index in [4.69, 9.17) is 10.6 Å². The van der Waals surface area contributed by atoms with Gasteiger partial charge in [-0.15, -0.1) is 0 Å². The molecule has 0 aromatic heterocycles. The Labute approximate surface area is 125 Å². The number of benzene rings is 2. The minimum atomic E-state index is 0.166. The standard InChI is InChI=1S/C18H20N2O/c19-20-18(14-6-8-17-13(11-14)9-10-21-17)16-7-5-12-3-1-2-4-15(12)16/h1-4,6,8,11,16,18,20H,5,7,9-10,19H2. The molecule has 0 fully saturated rings. The van der Waals surface area contributed by atoms with Gasteiger partial charge in [-0.1, -0.05) is 36.4 Å². The molecule has 1 heterocycles. The number of nitrogens with one attached hydrogen (secondary N) is 1. The molecule has 3 nitrogen and oxygen atoms in total. The van der Waals surface area contributed by atoms with Gasteiger partial charge in [-0.25, -0.2) is 0 Å². The minimum absolute atomic E-state index is 0.166. The van der Waals surface area contributed by atoms with Gasteiger partial charge in [0.25, 0.3) is 0 Å². The highest BCUT2D eigenvalue weighted by atomic mass is 16.5. The van der Waals surface area contributed by atoms with Crippen molar-refractivity contribution in [3.63, 3.8) is 0 Å². The average molecular weight is 280 g/mol. The maximum atomic E-state index is 5.91. The van der Waals surface area contributed by atoms with Crippen molar-refractivity contribution < 1.29 is 4.74 Å². The zero-order valence-electron chi connectivity index (χ0n) is 12.0. The summed E-state index contributed by atoms with van der Waals surface area (Å²) in [5.41, 5.74) is 8.53. The lowest BCUT2D eigenvalue weighted by Crippen LogP contribution is -2.32. The number of aryl methyl sites for hydroxylation is 1. The number of hydrogen-bond acceptors (Lipinski definition) is 3. The molecule has 4 rings (SSSR count). The Morgan fingerprint density at radius 1 is 1.10 bits per heavy atom. The maximum Gasteiger partial charge on any atom is 0.122 e. The third-order valence-electron chi connectivity index (χ3n) is 4.83. The van der Waals surface area contributed by atoms with E-state index >= 15 is 0 Å². The lowest BCUT2D eigenvalue weighted by Gasteiger charge is -2.24. The summed E-state index contributed by atoms with van der Waals surface area (Å²) < 4.78 is 5.60. The van der Waals surface area contributed by atoms with Crippen molar-refractivity contribution in [3.05, 3.63) is 64.7 Å². The highest BCUT2D eigenvalue weighted by molar-refractivity contribution is 5.43. The summed E-state index contributed by atoms with van der Waals surface area (Å²) in [5, 5.41) is 0. The summed E-state index contributed by atoms with van der Waals surface area (Å²) in [7, 11) is 0. The quantitative estimate of drug-likeness (QED) is 0.671. The highest BCUT2D eigenvalue weighted by Gasteiger charge is 2.30. The Bertz CT molecular complexity index is 668. The van der Waals surface area contributed by atoms with E-state index in [1.807, 2.05) is 0 Å². The molecule has 0 amide bonds. The number of hydrogen-bond donors (Lipinski definition) is 2. The Hall–Kier alpha value is -1.84. The molecular weight excluding hydrogens is 260 g/mol. The second-order valence-electron chi connectivity index (χ2n) is 5.95. The van der Waals surface area contributed by atoms with Crippen molar-refractivity contribution in [3.8, 4) is 5.75 Å². The van der Waals surface area contributed by atoms with Crippen LogP contribution in [0.5, 0.6) is 5.75 Å². The van der Waals surface area contributed by atoms with Crippen LogP contribution in [-0.2, 0) is 12.8 Å². The Kier molecular flexibility index (Phi) is 3.17. The van der Waals surface area contributed by atoms with E-state index in [1.54, 1.807) is 0 Å². The highest BCUT2D eigenvalue weighted by Crippen LogP contribution is 2.42. The molecule has 0 spiro atoms. The average Bonchev–Trinajstić information content (AvgIpc) is 3.15. The largest absolute Gasteiger partial charge is 0.493 e. The summed E-state index contributed by atoms with van der Waals surface area (Å²) >= 11 is 0.